The molecule has 0 radical (unpaired) electrons. The number of aromatic nitrogens is 1. The normalized spacial score (nSPS) is 11.3. The smallest absolute Gasteiger partial charge is 0.301 e. The van der Waals surface area contributed by atoms with Crippen LogP contribution in [0.3, 0.4) is 0 Å². The third-order valence-electron chi connectivity index (χ3n) is 2.46. The summed E-state index contributed by atoms with van der Waals surface area (Å²) in [4.78, 5) is 15.9. The molecule has 8 heteroatoms. The van der Waals surface area contributed by atoms with Crippen LogP contribution in [-0.2, 0) is 9.84 Å². The number of aryl methyl sites for hydroxylation is 1. The van der Waals surface area contributed by atoms with E-state index in [2.05, 4.69) is 10.3 Å². The second kappa shape index (κ2) is 4.97. The molecular formula is C12H13N3O4S. The summed E-state index contributed by atoms with van der Waals surface area (Å²) in [7, 11) is -3.45. The predicted octanol–water partition coefficient (Wildman–Crippen LogP) is 1.22. The van der Waals surface area contributed by atoms with Crippen LogP contribution in [-0.4, -0.2) is 25.6 Å². The van der Waals surface area contributed by atoms with Crippen LogP contribution in [0.4, 0.5) is 11.7 Å². The highest BCUT2D eigenvalue weighted by atomic mass is 32.2. The molecule has 1 aromatic carbocycles. The van der Waals surface area contributed by atoms with Gasteiger partial charge in [0.2, 0.25) is 0 Å². The van der Waals surface area contributed by atoms with Gasteiger partial charge in [0.15, 0.2) is 9.84 Å². The first-order valence-electron chi connectivity index (χ1n) is 5.60. The van der Waals surface area contributed by atoms with E-state index in [1.54, 1.807) is 6.92 Å². The second-order valence-corrected chi connectivity index (χ2v) is 6.33. The number of carbonyl (C=O) groups excluding carboxylic acids is 1. The lowest BCUT2D eigenvalue weighted by Crippen LogP contribution is -2.13. The molecule has 3 N–H and O–H groups in total. The Morgan fingerprint density at radius 3 is 2.60 bits per heavy atom. The highest BCUT2D eigenvalue weighted by Gasteiger charge is 2.15. The van der Waals surface area contributed by atoms with Crippen LogP contribution in [0.2, 0.25) is 0 Å². The number of hydrogen-bond donors (Lipinski definition) is 2. The molecule has 0 spiro atoms. The van der Waals surface area contributed by atoms with Gasteiger partial charge in [0.05, 0.1) is 10.6 Å². The van der Waals surface area contributed by atoms with Crippen LogP contribution in [0.5, 0.6) is 0 Å². The highest BCUT2D eigenvalue weighted by molar-refractivity contribution is 7.90. The molecule has 20 heavy (non-hydrogen) atoms. The number of carbonyl (C=O) groups is 1. The van der Waals surface area contributed by atoms with Crippen LogP contribution < -0.4 is 11.1 Å². The average Bonchev–Trinajstić information content (AvgIpc) is 2.72. The topological polar surface area (TPSA) is 115 Å². The lowest BCUT2D eigenvalue weighted by atomic mass is 10.2. The number of benzene rings is 1. The lowest BCUT2D eigenvalue weighted by Gasteiger charge is -2.05. The largest absolute Gasteiger partial charge is 0.432 e. The van der Waals surface area contributed by atoms with Crippen LogP contribution in [0, 0.1) is 6.92 Å². The molecule has 2 aromatic rings. The molecule has 1 heterocycles. The molecule has 1 amide bonds. The van der Waals surface area contributed by atoms with Crippen molar-refractivity contribution in [3.8, 4) is 0 Å². The number of nitrogens with one attached hydrogen (secondary N) is 1. The first-order valence-corrected chi connectivity index (χ1v) is 7.49. The van der Waals surface area contributed by atoms with Gasteiger partial charge in [-0.2, -0.15) is 4.98 Å². The van der Waals surface area contributed by atoms with Crippen molar-refractivity contribution in [2.75, 3.05) is 17.3 Å². The molecule has 0 atom stereocenters. The number of hydrogen-bond acceptors (Lipinski definition) is 6. The van der Waals surface area contributed by atoms with Crippen LogP contribution in [0.25, 0.3) is 0 Å². The van der Waals surface area contributed by atoms with Gasteiger partial charge in [-0.1, -0.05) is 0 Å². The van der Waals surface area contributed by atoms with Crippen molar-refractivity contribution in [2.45, 2.75) is 11.8 Å². The van der Waals surface area contributed by atoms with Crippen molar-refractivity contribution in [2.24, 2.45) is 0 Å². The van der Waals surface area contributed by atoms with Crippen LogP contribution >= 0.6 is 0 Å². The molecule has 2 rings (SSSR count). The molecule has 1 aromatic heterocycles. The number of anilines is 2. The van der Waals surface area contributed by atoms with Gasteiger partial charge in [0, 0.05) is 17.5 Å². The van der Waals surface area contributed by atoms with Crippen LogP contribution in [0.1, 0.15) is 16.1 Å². The summed E-state index contributed by atoms with van der Waals surface area (Å²) < 4.78 is 28.0. The van der Waals surface area contributed by atoms with Gasteiger partial charge in [0.25, 0.3) is 5.91 Å². The Labute approximate surface area is 115 Å². The van der Waals surface area contributed by atoms with Crippen molar-refractivity contribution in [1.82, 2.24) is 4.98 Å². The zero-order valence-electron chi connectivity index (χ0n) is 10.9. The van der Waals surface area contributed by atoms with Gasteiger partial charge in [0.1, 0.15) is 6.26 Å². The third kappa shape index (κ3) is 3.15. The molecule has 0 aliphatic heterocycles. The number of nitrogens with zero attached hydrogens (tertiary/aromatic N) is 1. The third-order valence-corrected chi connectivity index (χ3v) is 3.55. The van der Waals surface area contributed by atoms with E-state index in [4.69, 9.17) is 10.2 Å². The summed E-state index contributed by atoms with van der Waals surface area (Å²) in [5, 5.41) is 2.42. The first kappa shape index (κ1) is 14.1. The maximum absolute atomic E-state index is 12.0. The van der Waals surface area contributed by atoms with E-state index >= 15 is 0 Å². The number of amides is 1. The Balaban J connectivity index is 2.33. The maximum Gasteiger partial charge on any atom is 0.301 e. The van der Waals surface area contributed by atoms with Crippen molar-refractivity contribution in [3.05, 3.63) is 35.7 Å². The minimum Gasteiger partial charge on any atom is -0.432 e. The number of nitrogen functional groups attached to an aromatic ring is 1. The fourth-order valence-corrected chi connectivity index (χ4v) is 2.24. The van der Waals surface area contributed by atoms with E-state index in [1.807, 2.05) is 0 Å². The summed E-state index contributed by atoms with van der Waals surface area (Å²) in [6.45, 7) is 1.71. The maximum atomic E-state index is 12.0. The van der Waals surface area contributed by atoms with E-state index in [9.17, 15) is 13.2 Å². The Kier molecular flexibility index (Phi) is 3.49. The number of nitrogens with two attached hydrogens (primary N) is 1. The van der Waals surface area contributed by atoms with E-state index < -0.39 is 15.7 Å². The van der Waals surface area contributed by atoms with Crippen molar-refractivity contribution in [3.63, 3.8) is 0 Å². The Bertz CT molecular complexity index is 765. The molecule has 0 saturated heterocycles. The minimum absolute atomic E-state index is 0.0220. The van der Waals surface area contributed by atoms with E-state index in [1.165, 1.54) is 24.5 Å². The monoisotopic (exact) mass is 295 g/mol. The van der Waals surface area contributed by atoms with E-state index in [0.717, 1.165) is 6.26 Å². The summed E-state index contributed by atoms with van der Waals surface area (Å²) in [6, 6.07) is 3.95. The number of sulfone groups is 1. The Morgan fingerprint density at radius 1 is 1.35 bits per heavy atom. The fraction of sp³-hybridized carbons (Fsp3) is 0.167. The van der Waals surface area contributed by atoms with Crippen molar-refractivity contribution in [1.29, 1.82) is 0 Å². The first-order chi connectivity index (χ1) is 9.25. The van der Waals surface area contributed by atoms with Gasteiger partial charge < -0.3 is 10.2 Å². The summed E-state index contributed by atoms with van der Waals surface area (Å²) in [5.41, 5.74) is 6.52. The van der Waals surface area contributed by atoms with Gasteiger partial charge in [-0.05, 0) is 25.1 Å². The Morgan fingerprint density at radius 2 is 2.05 bits per heavy atom. The molecule has 7 nitrogen and oxygen atoms in total. The predicted molar refractivity (Wildman–Crippen MR) is 73.2 cm³/mol. The highest BCUT2D eigenvalue weighted by Crippen LogP contribution is 2.18. The molecule has 0 saturated carbocycles. The fourth-order valence-electron chi connectivity index (χ4n) is 1.55. The summed E-state index contributed by atoms with van der Waals surface area (Å²) >= 11 is 0. The Hall–Kier alpha value is -2.35. The van der Waals surface area contributed by atoms with Gasteiger partial charge in [-0.15, -0.1) is 0 Å². The standard InChI is InChI=1S/C12H13N3O4S/c1-7-6-19-12(14-7)15-11(16)8-3-9(13)5-10(4-8)20(2,17)18/h3-6H,13H2,1-2H3,(H,14,15,16). The van der Waals surface area contributed by atoms with Crippen LogP contribution in [0.15, 0.2) is 33.8 Å². The lowest BCUT2D eigenvalue weighted by molar-refractivity contribution is 0.102. The van der Waals surface area contributed by atoms with E-state index in [0.29, 0.717) is 5.69 Å². The molecule has 0 aliphatic rings. The van der Waals surface area contributed by atoms with Crippen molar-refractivity contribution >= 4 is 27.4 Å². The quantitative estimate of drug-likeness (QED) is 0.823. The van der Waals surface area contributed by atoms with Gasteiger partial charge >= 0.3 is 6.01 Å². The molecule has 0 bridgehead atoms. The second-order valence-electron chi connectivity index (χ2n) is 4.31. The zero-order chi connectivity index (χ0) is 14.9. The zero-order valence-corrected chi connectivity index (χ0v) is 11.7. The van der Waals surface area contributed by atoms with Gasteiger partial charge in [-0.25, -0.2) is 8.42 Å². The summed E-state index contributed by atoms with van der Waals surface area (Å²) in [6.07, 6.45) is 2.43. The van der Waals surface area contributed by atoms with Crippen molar-refractivity contribution < 1.29 is 17.6 Å². The minimum atomic E-state index is -3.45. The van der Waals surface area contributed by atoms with Gasteiger partial charge in [-0.3, -0.25) is 10.1 Å². The average molecular weight is 295 g/mol. The number of oxazole rings is 1. The molecule has 106 valence electrons. The SMILES string of the molecule is Cc1coc(NC(=O)c2cc(N)cc(S(C)(=O)=O)c2)n1. The van der Waals surface area contributed by atoms with E-state index in [-0.39, 0.29) is 22.2 Å². The molecular weight excluding hydrogens is 282 g/mol. The molecule has 0 aliphatic carbocycles. The number of rotatable bonds is 3. The summed E-state index contributed by atoms with van der Waals surface area (Å²) in [5.74, 6) is -0.552. The molecule has 0 unspecified atom stereocenters. The molecule has 0 fully saturated rings.